The molecule has 1 aromatic heterocycles. The van der Waals surface area contributed by atoms with E-state index in [0.717, 1.165) is 22.2 Å². The van der Waals surface area contributed by atoms with Crippen molar-refractivity contribution in [1.82, 2.24) is 9.78 Å². The highest BCUT2D eigenvalue weighted by molar-refractivity contribution is 14.1. The molecule has 0 fully saturated rings. The van der Waals surface area contributed by atoms with Gasteiger partial charge in [-0.05, 0) is 35.4 Å². The molecule has 0 spiro atoms. The molecule has 1 rings (SSSR count). The van der Waals surface area contributed by atoms with E-state index in [9.17, 15) is 0 Å². The van der Waals surface area contributed by atoms with Gasteiger partial charge in [0.1, 0.15) is 5.82 Å². The van der Waals surface area contributed by atoms with Gasteiger partial charge >= 0.3 is 0 Å². The molecule has 0 radical (unpaired) electrons. The lowest BCUT2D eigenvalue weighted by Crippen LogP contribution is -2.11. The Bertz CT molecular complexity index is 253. The second-order valence-electron chi connectivity index (χ2n) is 2.79. The van der Waals surface area contributed by atoms with Gasteiger partial charge in [-0.3, -0.25) is 0 Å². The molecular weight excluding hydrogens is 265 g/mol. The molecule has 0 unspecified atom stereocenters. The Labute approximate surface area is 86.5 Å². The van der Waals surface area contributed by atoms with Gasteiger partial charge in [0.05, 0.1) is 15.8 Å². The van der Waals surface area contributed by atoms with Crippen LogP contribution in [-0.4, -0.2) is 9.78 Å². The van der Waals surface area contributed by atoms with Crippen LogP contribution in [0.15, 0.2) is 6.20 Å². The van der Waals surface area contributed by atoms with Crippen LogP contribution in [0.25, 0.3) is 0 Å². The first kappa shape index (κ1) is 9.83. The predicted octanol–water partition coefficient (Wildman–Crippen LogP) is 2.43. The summed E-state index contributed by atoms with van der Waals surface area (Å²) in [4.78, 5) is 0. The van der Waals surface area contributed by atoms with Crippen molar-refractivity contribution in [3.8, 4) is 0 Å². The van der Waals surface area contributed by atoms with Gasteiger partial charge in [0.25, 0.3) is 0 Å². The number of nitrogens with two attached hydrogens (primary N) is 1. The summed E-state index contributed by atoms with van der Waals surface area (Å²) in [6.45, 7) is 4.31. The fourth-order valence-electron chi connectivity index (χ4n) is 1.28. The van der Waals surface area contributed by atoms with E-state index in [1.807, 2.05) is 10.9 Å². The number of aromatic nitrogens is 2. The molecule has 68 valence electrons. The zero-order valence-electron chi connectivity index (χ0n) is 7.42. The monoisotopic (exact) mass is 279 g/mol. The van der Waals surface area contributed by atoms with Crippen LogP contribution in [0.3, 0.4) is 0 Å². The Kier molecular flexibility index (Phi) is 3.37. The molecule has 0 aliphatic heterocycles. The molecule has 3 nitrogen and oxygen atoms in total. The molecule has 4 heteroatoms. The van der Waals surface area contributed by atoms with Crippen molar-refractivity contribution in [2.75, 3.05) is 5.73 Å². The smallest absolute Gasteiger partial charge is 0.135 e. The van der Waals surface area contributed by atoms with Gasteiger partial charge in [-0.1, -0.05) is 13.8 Å². The second-order valence-corrected chi connectivity index (χ2v) is 3.95. The summed E-state index contributed by atoms with van der Waals surface area (Å²) in [5.74, 6) is 0.796. The molecule has 0 aliphatic carbocycles. The molecule has 0 bridgehead atoms. The first-order chi connectivity index (χ1) is 5.70. The number of anilines is 1. The first-order valence-corrected chi connectivity index (χ1v) is 5.27. The van der Waals surface area contributed by atoms with Crippen molar-refractivity contribution in [3.63, 3.8) is 0 Å². The van der Waals surface area contributed by atoms with E-state index in [4.69, 9.17) is 5.73 Å². The van der Waals surface area contributed by atoms with Crippen LogP contribution in [0.4, 0.5) is 5.82 Å². The highest BCUT2D eigenvalue weighted by Gasteiger charge is 2.11. The maximum atomic E-state index is 5.85. The second kappa shape index (κ2) is 4.11. The Morgan fingerprint density at radius 1 is 1.58 bits per heavy atom. The average Bonchev–Trinajstić information content (AvgIpc) is 2.38. The third-order valence-electron chi connectivity index (χ3n) is 2.08. The molecule has 2 N–H and O–H groups in total. The lowest BCUT2D eigenvalue weighted by Gasteiger charge is -2.14. The Hall–Kier alpha value is -0.260. The van der Waals surface area contributed by atoms with E-state index in [0.29, 0.717) is 6.04 Å². The van der Waals surface area contributed by atoms with Crippen molar-refractivity contribution in [1.29, 1.82) is 0 Å². The van der Waals surface area contributed by atoms with E-state index in [2.05, 4.69) is 41.5 Å². The van der Waals surface area contributed by atoms with Gasteiger partial charge in [-0.2, -0.15) is 5.10 Å². The molecule has 0 aliphatic rings. The SMILES string of the molecule is CCC(CC)n1ncc(I)c1N. The van der Waals surface area contributed by atoms with Crippen molar-refractivity contribution in [2.24, 2.45) is 0 Å². The van der Waals surface area contributed by atoms with Crippen molar-refractivity contribution in [3.05, 3.63) is 9.77 Å². The minimum absolute atomic E-state index is 0.452. The van der Waals surface area contributed by atoms with Gasteiger partial charge in [0.15, 0.2) is 0 Å². The topological polar surface area (TPSA) is 43.8 Å². The minimum Gasteiger partial charge on any atom is -0.383 e. The van der Waals surface area contributed by atoms with Crippen LogP contribution in [-0.2, 0) is 0 Å². The third kappa shape index (κ3) is 1.73. The largest absolute Gasteiger partial charge is 0.383 e. The van der Waals surface area contributed by atoms with Gasteiger partial charge in [0, 0.05) is 0 Å². The zero-order valence-corrected chi connectivity index (χ0v) is 9.58. The van der Waals surface area contributed by atoms with E-state index >= 15 is 0 Å². The van der Waals surface area contributed by atoms with Crippen LogP contribution < -0.4 is 5.73 Å². The molecular formula is C8H14IN3. The average molecular weight is 279 g/mol. The molecule has 0 saturated carbocycles. The van der Waals surface area contributed by atoms with E-state index in [1.165, 1.54) is 0 Å². The van der Waals surface area contributed by atoms with Crippen molar-refractivity contribution >= 4 is 28.4 Å². The number of nitrogens with zero attached hydrogens (tertiary/aromatic N) is 2. The Morgan fingerprint density at radius 3 is 2.50 bits per heavy atom. The Balaban J connectivity index is 2.93. The summed E-state index contributed by atoms with van der Waals surface area (Å²) < 4.78 is 2.96. The van der Waals surface area contributed by atoms with Crippen LogP contribution in [0.1, 0.15) is 32.7 Å². The number of hydrogen-bond donors (Lipinski definition) is 1. The van der Waals surface area contributed by atoms with Crippen LogP contribution >= 0.6 is 22.6 Å². The lowest BCUT2D eigenvalue weighted by molar-refractivity contribution is 0.434. The standard InChI is InChI=1S/C8H14IN3/c1-3-6(4-2)12-8(10)7(9)5-11-12/h5-6H,3-4,10H2,1-2H3. The highest BCUT2D eigenvalue weighted by Crippen LogP contribution is 2.22. The van der Waals surface area contributed by atoms with E-state index < -0.39 is 0 Å². The predicted molar refractivity (Wildman–Crippen MR) is 59.0 cm³/mol. The maximum Gasteiger partial charge on any atom is 0.135 e. The quantitative estimate of drug-likeness (QED) is 0.863. The van der Waals surface area contributed by atoms with Gasteiger partial charge in [0.2, 0.25) is 0 Å². The fraction of sp³-hybridized carbons (Fsp3) is 0.625. The molecule has 1 aromatic rings. The summed E-state index contributed by atoms with van der Waals surface area (Å²) >= 11 is 2.20. The molecule has 0 saturated heterocycles. The van der Waals surface area contributed by atoms with Crippen LogP contribution in [0, 0.1) is 3.57 Å². The Morgan fingerprint density at radius 2 is 2.17 bits per heavy atom. The number of rotatable bonds is 3. The highest BCUT2D eigenvalue weighted by atomic mass is 127. The first-order valence-electron chi connectivity index (χ1n) is 4.19. The van der Waals surface area contributed by atoms with Gasteiger partial charge in [-0.15, -0.1) is 0 Å². The summed E-state index contributed by atoms with van der Waals surface area (Å²) in [5.41, 5.74) is 5.85. The van der Waals surface area contributed by atoms with Crippen molar-refractivity contribution in [2.45, 2.75) is 32.7 Å². The van der Waals surface area contributed by atoms with Crippen LogP contribution in [0.5, 0.6) is 0 Å². The molecule has 0 aromatic carbocycles. The minimum atomic E-state index is 0.452. The maximum absolute atomic E-state index is 5.85. The number of halogens is 1. The molecule has 0 atom stereocenters. The van der Waals surface area contributed by atoms with Gasteiger partial charge in [-0.25, -0.2) is 4.68 Å². The summed E-state index contributed by atoms with van der Waals surface area (Å²) in [6, 6.07) is 0.452. The summed E-state index contributed by atoms with van der Waals surface area (Å²) in [7, 11) is 0. The van der Waals surface area contributed by atoms with E-state index in [1.54, 1.807) is 0 Å². The summed E-state index contributed by atoms with van der Waals surface area (Å²) in [6.07, 6.45) is 3.98. The number of nitrogen functional groups attached to an aromatic ring is 1. The van der Waals surface area contributed by atoms with Crippen molar-refractivity contribution < 1.29 is 0 Å². The fourth-order valence-corrected chi connectivity index (χ4v) is 1.65. The zero-order chi connectivity index (χ0) is 9.14. The van der Waals surface area contributed by atoms with Gasteiger partial charge < -0.3 is 5.73 Å². The molecule has 1 heterocycles. The summed E-state index contributed by atoms with van der Waals surface area (Å²) in [5, 5.41) is 4.24. The normalized spacial score (nSPS) is 11.0. The third-order valence-corrected chi connectivity index (χ3v) is 2.91. The lowest BCUT2D eigenvalue weighted by atomic mass is 10.2. The van der Waals surface area contributed by atoms with Crippen LogP contribution in [0.2, 0.25) is 0 Å². The number of hydrogen-bond acceptors (Lipinski definition) is 2. The molecule has 0 amide bonds. The van der Waals surface area contributed by atoms with E-state index in [-0.39, 0.29) is 0 Å². The molecule has 12 heavy (non-hydrogen) atoms.